The van der Waals surface area contributed by atoms with E-state index in [1.165, 1.54) is 6.07 Å². The van der Waals surface area contributed by atoms with Gasteiger partial charge in [0.05, 0.1) is 4.90 Å². The van der Waals surface area contributed by atoms with Crippen LogP contribution in [-0.4, -0.2) is 26.9 Å². The second kappa shape index (κ2) is 7.93. The maximum atomic E-state index is 12.3. The molecule has 5 nitrogen and oxygen atoms in total. The maximum Gasteiger partial charge on any atom is 0.251 e. The molecule has 0 aliphatic heterocycles. The van der Waals surface area contributed by atoms with E-state index in [1.54, 1.807) is 12.1 Å². The van der Waals surface area contributed by atoms with Gasteiger partial charge in [0.1, 0.15) is 0 Å². The minimum absolute atomic E-state index is 0.0529. The van der Waals surface area contributed by atoms with Gasteiger partial charge in [-0.15, -0.1) is 0 Å². The molecule has 0 aromatic heterocycles. The summed E-state index contributed by atoms with van der Waals surface area (Å²) in [5, 5.41) is 2.88. The molecule has 1 aliphatic carbocycles. The summed E-state index contributed by atoms with van der Waals surface area (Å²) >= 11 is 0. The lowest BCUT2D eigenvalue weighted by Gasteiger charge is -2.11. The van der Waals surface area contributed by atoms with Crippen LogP contribution in [0.1, 0.15) is 61.4 Å². The van der Waals surface area contributed by atoms with Crippen molar-refractivity contribution in [1.29, 1.82) is 0 Å². The summed E-state index contributed by atoms with van der Waals surface area (Å²) in [4.78, 5) is 12.4. The lowest BCUT2D eigenvalue weighted by molar-refractivity contribution is 0.0952. The Bertz CT molecular complexity index is 652. The molecule has 1 aliphatic rings. The number of carbonyl (C=O) groups is 1. The van der Waals surface area contributed by atoms with Gasteiger partial charge < -0.3 is 5.32 Å². The van der Waals surface area contributed by atoms with E-state index in [4.69, 9.17) is 0 Å². The molecule has 6 heteroatoms. The van der Waals surface area contributed by atoms with Crippen LogP contribution in [0.25, 0.3) is 0 Å². The third kappa shape index (κ3) is 5.32. The number of rotatable bonds is 9. The molecule has 128 valence electrons. The number of benzene rings is 1. The SMILES string of the molecule is CCCCCCNC(=O)c1cc(S(=O)(=O)NC2CC2)ccc1C. The standard InChI is InChI=1S/C17H26N2O3S/c1-3-4-5-6-11-18-17(20)16-12-15(10-7-13(16)2)23(21,22)19-14-8-9-14/h7,10,12,14,19H,3-6,8-9,11H2,1-2H3,(H,18,20). The van der Waals surface area contributed by atoms with Gasteiger partial charge in [-0.25, -0.2) is 13.1 Å². The predicted molar refractivity (Wildman–Crippen MR) is 91.0 cm³/mol. The Kier molecular flexibility index (Phi) is 6.18. The minimum Gasteiger partial charge on any atom is -0.352 e. The first kappa shape index (κ1) is 17.9. The van der Waals surface area contributed by atoms with Crippen LogP contribution < -0.4 is 10.0 Å². The fourth-order valence-corrected chi connectivity index (χ4v) is 3.68. The molecule has 0 radical (unpaired) electrons. The van der Waals surface area contributed by atoms with E-state index >= 15 is 0 Å². The van der Waals surface area contributed by atoms with Crippen LogP contribution in [0.3, 0.4) is 0 Å². The highest BCUT2D eigenvalue weighted by Crippen LogP contribution is 2.23. The smallest absolute Gasteiger partial charge is 0.251 e. The van der Waals surface area contributed by atoms with Gasteiger partial charge in [0.15, 0.2) is 0 Å². The van der Waals surface area contributed by atoms with Crippen LogP contribution in [0, 0.1) is 6.92 Å². The van der Waals surface area contributed by atoms with Crippen molar-refractivity contribution in [3.63, 3.8) is 0 Å². The van der Waals surface area contributed by atoms with Gasteiger partial charge in [0.25, 0.3) is 5.91 Å². The van der Waals surface area contributed by atoms with E-state index in [0.717, 1.165) is 44.1 Å². The maximum absolute atomic E-state index is 12.3. The average Bonchev–Trinajstić information content (AvgIpc) is 3.30. The Labute approximate surface area is 138 Å². The van der Waals surface area contributed by atoms with E-state index in [1.807, 2.05) is 6.92 Å². The quantitative estimate of drug-likeness (QED) is 0.680. The third-order valence-electron chi connectivity index (χ3n) is 3.98. The van der Waals surface area contributed by atoms with E-state index < -0.39 is 10.0 Å². The normalized spacial score (nSPS) is 14.7. The lowest BCUT2D eigenvalue weighted by Crippen LogP contribution is -2.28. The number of nitrogens with one attached hydrogen (secondary N) is 2. The first-order valence-corrected chi connectivity index (χ1v) is 9.83. The van der Waals surface area contributed by atoms with Crippen molar-refractivity contribution in [1.82, 2.24) is 10.0 Å². The van der Waals surface area contributed by atoms with Crippen LogP contribution in [0.2, 0.25) is 0 Å². The van der Waals surface area contributed by atoms with Gasteiger partial charge in [0.2, 0.25) is 10.0 Å². The molecule has 2 rings (SSSR count). The summed E-state index contributed by atoms with van der Waals surface area (Å²) < 4.78 is 27.2. The first-order chi connectivity index (χ1) is 10.9. The van der Waals surface area contributed by atoms with Gasteiger partial charge >= 0.3 is 0 Å². The van der Waals surface area contributed by atoms with Crippen LogP contribution in [0.5, 0.6) is 0 Å². The Morgan fingerprint density at radius 3 is 2.61 bits per heavy atom. The van der Waals surface area contributed by atoms with Gasteiger partial charge in [0, 0.05) is 18.2 Å². The minimum atomic E-state index is -3.53. The summed E-state index contributed by atoms with van der Waals surface area (Å²) in [6.07, 6.45) is 6.12. The molecule has 0 bridgehead atoms. The molecule has 1 amide bonds. The summed E-state index contributed by atoms with van der Waals surface area (Å²) in [7, 11) is -3.53. The molecule has 0 spiro atoms. The van der Waals surface area contributed by atoms with Crippen LogP contribution in [0.4, 0.5) is 0 Å². The molecule has 1 aromatic rings. The number of amides is 1. The Balaban J connectivity index is 2.03. The van der Waals surface area contributed by atoms with E-state index in [9.17, 15) is 13.2 Å². The fraction of sp³-hybridized carbons (Fsp3) is 0.588. The van der Waals surface area contributed by atoms with Gasteiger partial charge in [-0.1, -0.05) is 32.3 Å². The van der Waals surface area contributed by atoms with Crippen molar-refractivity contribution in [2.45, 2.75) is 63.3 Å². The summed E-state index contributed by atoms with van der Waals surface area (Å²) in [6.45, 7) is 4.58. The molecule has 2 N–H and O–H groups in total. The van der Waals surface area contributed by atoms with E-state index in [-0.39, 0.29) is 16.8 Å². The van der Waals surface area contributed by atoms with Gasteiger partial charge in [-0.05, 0) is 43.9 Å². The molecule has 0 saturated heterocycles. The van der Waals surface area contributed by atoms with Crippen LogP contribution in [0.15, 0.2) is 23.1 Å². The summed E-state index contributed by atoms with van der Waals surface area (Å²) in [5.74, 6) is -0.206. The number of sulfonamides is 1. The van der Waals surface area contributed by atoms with Crippen LogP contribution in [-0.2, 0) is 10.0 Å². The number of carbonyl (C=O) groups excluding carboxylic acids is 1. The summed E-state index contributed by atoms with van der Waals surface area (Å²) in [6, 6.07) is 4.77. The van der Waals surface area contributed by atoms with Gasteiger partial charge in [-0.3, -0.25) is 4.79 Å². The fourth-order valence-electron chi connectivity index (χ4n) is 2.35. The molecular weight excluding hydrogens is 312 g/mol. The number of unbranched alkanes of at least 4 members (excludes halogenated alkanes) is 3. The van der Waals surface area contributed by atoms with Crippen molar-refractivity contribution < 1.29 is 13.2 Å². The highest BCUT2D eigenvalue weighted by atomic mass is 32.2. The highest BCUT2D eigenvalue weighted by Gasteiger charge is 2.28. The van der Waals surface area contributed by atoms with E-state index in [2.05, 4.69) is 17.0 Å². The average molecular weight is 338 g/mol. The summed E-state index contributed by atoms with van der Waals surface area (Å²) in [5.41, 5.74) is 1.21. The second-order valence-corrected chi connectivity index (χ2v) is 7.90. The molecule has 0 atom stereocenters. The van der Waals surface area contributed by atoms with E-state index in [0.29, 0.717) is 12.1 Å². The van der Waals surface area contributed by atoms with Crippen LogP contribution >= 0.6 is 0 Å². The highest BCUT2D eigenvalue weighted by molar-refractivity contribution is 7.89. The Hall–Kier alpha value is -1.40. The zero-order valence-electron chi connectivity index (χ0n) is 13.9. The number of hydrogen-bond acceptors (Lipinski definition) is 3. The predicted octanol–water partition coefficient (Wildman–Crippen LogP) is 2.75. The molecule has 0 unspecified atom stereocenters. The second-order valence-electron chi connectivity index (χ2n) is 6.19. The van der Waals surface area contributed by atoms with Crippen molar-refractivity contribution in [3.8, 4) is 0 Å². The Morgan fingerprint density at radius 2 is 1.96 bits per heavy atom. The first-order valence-electron chi connectivity index (χ1n) is 8.35. The zero-order chi connectivity index (χ0) is 16.9. The lowest BCUT2D eigenvalue weighted by atomic mass is 10.1. The molecule has 0 heterocycles. The van der Waals surface area contributed by atoms with Gasteiger partial charge in [-0.2, -0.15) is 0 Å². The Morgan fingerprint density at radius 1 is 1.22 bits per heavy atom. The molecular formula is C17H26N2O3S. The van der Waals surface area contributed by atoms with Crippen molar-refractivity contribution >= 4 is 15.9 Å². The number of aryl methyl sites for hydroxylation is 1. The van der Waals surface area contributed by atoms with Crippen molar-refractivity contribution in [3.05, 3.63) is 29.3 Å². The topological polar surface area (TPSA) is 75.3 Å². The third-order valence-corrected chi connectivity index (χ3v) is 5.50. The molecule has 1 aromatic carbocycles. The van der Waals surface area contributed by atoms with Crippen molar-refractivity contribution in [2.24, 2.45) is 0 Å². The van der Waals surface area contributed by atoms with Crippen molar-refractivity contribution in [2.75, 3.05) is 6.54 Å². The largest absolute Gasteiger partial charge is 0.352 e. The molecule has 1 saturated carbocycles. The zero-order valence-corrected chi connectivity index (χ0v) is 14.7. The molecule has 23 heavy (non-hydrogen) atoms. The monoisotopic (exact) mass is 338 g/mol. The molecule has 1 fully saturated rings. The number of hydrogen-bond donors (Lipinski definition) is 2.